The summed E-state index contributed by atoms with van der Waals surface area (Å²) in [5.41, 5.74) is 1.50. The quantitative estimate of drug-likeness (QED) is 0.787. The van der Waals surface area contributed by atoms with Crippen molar-refractivity contribution < 1.29 is 19.4 Å². The van der Waals surface area contributed by atoms with Crippen molar-refractivity contribution in [2.45, 2.75) is 25.7 Å². The Morgan fingerprint density at radius 3 is 2.43 bits per heavy atom. The summed E-state index contributed by atoms with van der Waals surface area (Å²) in [5, 5.41) is 10.9. The van der Waals surface area contributed by atoms with E-state index in [9.17, 15) is 9.90 Å². The van der Waals surface area contributed by atoms with Crippen LogP contribution in [0.3, 0.4) is 0 Å². The van der Waals surface area contributed by atoms with E-state index in [1.54, 1.807) is 24.3 Å². The highest BCUT2D eigenvalue weighted by molar-refractivity contribution is 6.31. The Morgan fingerprint density at radius 2 is 1.78 bits per heavy atom. The van der Waals surface area contributed by atoms with Crippen molar-refractivity contribution in [2.24, 2.45) is 0 Å². The van der Waals surface area contributed by atoms with E-state index in [0.29, 0.717) is 17.2 Å². The van der Waals surface area contributed by atoms with E-state index < -0.39 is 18.2 Å². The number of carbonyl (C=O) groups excluding carboxylic acids is 1. The predicted octanol–water partition coefficient (Wildman–Crippen LogP) is 3.52. The molecule has 1 unspecified atom stereocenters. The van der Waals surface area contributed by atoms with Gasteiger partial charge >= 0.3 is 5.97 Å². The summed E-state index contributed by atoms with van der Waals surface area (Å²) in [6.07, 6.45) is -1.88. The largest absolute Gasteiger partial charge is 0.457 e. The summed E-state index contributed by atoms with van der Waals surface area (Å²) in [6.45, 7) is 1.73. The lowest BCUT2D eigenvalue weighted by Crippen LogP contribution is -2.29. The van der Waals surface area contributed by atoms with E-state index >= 15 is 0 Å². The van der Waals surface area contributed by atoms with Gasteiger partial charge in [-0.3, -0.25) is 4.79 Å². The molecule has 1 N–H and O–H groups in total. The first-order valence-corrected chi connectivity index (χ1v) is 7.67. The maximum Gasteiger partial charge on any atom is 0.303 e. The Kier molecular flexibility index (Phi) is 6.59. The molecule has 2 aromatic rings. The van der Waals surface area contributed by atoms with Gasteiger partial charge in [-0.15, -0.1) is 0 Å². The average Bonchev–Trinajstić information content (AvgIpc) is 2.54. The molecule has 0 saturated heterocycles. The molecule has 4 nitrogen and oxygen atoms in total. The molecule has 0 radical (unpaired) electrons. The van der Waals surface area contributed by atoms with Crippen LogP contribution in [-0.4, -0.2) is 23.8 Å². The first kappa shape index (κ1) is 17.5. The van der Waals surface area contributed by atoms with Gasteiger partial charge in [0.15, 0.2) is 6.10 Å². The van der Waals surface area contributed by atoms with Crippen LogP contribution in [-0.2, 0) is 20.9 Å². The van der Waals surface area contributed by atoms with Gasteiger partial charge in [-0.25, -0.2) is 0 Å². The summed E-state index contributed by atoms with van der Waals surface area (Å²) in [7, 11) is 0. The number of halogens is 1. The summed E-state index contributed by atoms with van der Waals surface area (Å²) in [4.78, 5) is 11.3. The fourth-order valence-electron chi connectivity index (χ4n) is 2.19. The zero-order valence-electron chi connectivity index (χ0n) is 12.8. The lowest BCUT2D eigenvalue weighted by Gasteiger charge is -2.23. The second kappa shape index (κ2) is 8.67. The highest BCUT2D eigenvalue weighted by atomic mass is 35.5. The smallest absolute Gasteiger partial charge is 0.303 e. The Bertz CT molecular complexity index is 630. The van der Waals surface area contributed by atoms with Gasteiger partial charge in [0.2, 0.25) is 0 Å². The molecule has 2 atom stereocenters. The molecule has 0 amide bonds. The van der Waals surface area contributed by atoms with Crippen molar-refractivity contribution in [1.82, 2.24) is 0 Å². The maximum atomic E-state index is 11.3. The van der Waals surface area contributed by atoms with Gasteiger partial charge in [0.25, 0.3) is 0 Å². The topological polar surface area (TPSA) is 55.8 Å². The third-order valence-electron chi connectivity index (χ3n) is 3.29. The molecular weight excluding hydrogens is 316 g/mol. The van der Waals surface area contributed by atoms with Crippen LogP contribution in [0.4, 0.5) is 0 Å². The van der Waals surface area contributed by atoms with Crippen LogP contribution in [0.15, 0.2) is 54.6 Å². The number of hydrogen-bond acceptors (Lipinski definition) is 4. The minimum atomic E-state index is -1.05. The molecule has 2 aromatic carbocycles. The molecule has 23 heavy (non-hydrogen) atoms. The first-order valence-electron chi connectivity index (χ1n) is 7.29. The van der Waals surface area contributed by atoms with E-state index in [2.05, 4.69) is 0 Å². The van der Waals surface area contributed by atoms with Crippen LogP contribution >= 0.6 is 11.6 Å². The fraction of sp³-hybridized carbons (Fsp3) is 0.278. The molecule has 5 heteroatoms. The van der Waals surface area contributed by atoms with Crippen LogP contribution in [0, 0.1) is 0 Å². The van der Waals surface area contributed by atoms with Crippen LogP contribution in [0.25, 0.3) is 0 Å². The Balaban J connectivity index is 2.01. The third kappa shape index (κ3) is 5.36. The van der Waals surface area contributed by atoms with E-state index in [-0.39, 0.29) is 6.61 Å². The molecule has 0 saturated carbocycles. The maximum absolute atomic E-state index is 11.3. The zero-order chi connectivity index (χ0) is 16.7. The number of esters is 1. The number of aliphatic hydroxyl groups is 1. The molecule has 0 aliphatic carbocycles. The average molecular weight is 335 g/mol. The predicted molar refractivity (Wildman–Crippen MR) is 88.1 cm³/mol. The number of ether oxygens (including phenoxy) is 2. The number of aliphatic hydroxyl groups excluding tert-OH is 1. The van der Waals surface area contributed by atoms with Gasteiger partial charge in [-0.2, -0.15) is 0 Å². The second-order valence-corrected chi connectivity index (χ2v) is 5.52. The summed E-state index contributed by atoms with van der Waals surface area (Å²) in [6, 6.07) is 16.5. The third-order valence-corrected chi connectivity index (χ3v) is 3.63. The van der Waals surface area contributed by atoms with Gasteiger partial charge in [-0.1, -0.05) is 60.1 Å². The van der Waals surface area contributed by atoms with Crippen molar-refractivity contribution in [3.8, 4) is 0 Å². The molecular formula is C18H19ClO4. The molecule has 0 heterocycles. The molecule has 0 spiro atoms. The van der Waals surface area contributed by atoms with E-state index in [4.69, 9.17) is 21.1 Å². The minimum absolute atomic E-state index is 0.0703. The molecule has 0 fully saturated rings. The molecule has 0 aromatic heterocycles. The zero-order valence-corrected chi connectivity index (χ0v) is 13.6. The molecule has 0 bridgehead atoms. The highest BCUT2D eigenvalue weighted by Crippen LogP contribution is 2.26. The van der Waals surface area contributed by atoms with Crippen LogP contribution < -0.4 is 0 Å². The molecule has 2 rings (SSSR count). The first-order chi connectivity index (χ1) is 11.1. The van der Waals surface area contributed by atoms with Gasteiger partial charge in [0, 0.05) is 17.5 Å². The Morgan fingerprint density at radius 1 is 1.13 bits per heavy atom. The fourth-order valence-corrected chi connectivity index (χ4v) is 2.43. The minimum Gasteiger partial charge on any atom is -0.457 e. The van der Waals surface area contributed by atoms with Gasteiger partial charge in [0.1, 0.15) is 6.10 Å². The monoisotopic (exact) mass is 334 g/mol. The lowest BCUT2D eigenvalue weighted by molar-refractivity contribution is -0.158. The van der Waals surface area contributed by atoms with E-state index in [1.807, 2.05) is 30.3 Å². The number of carbonyl (C=O) groups is 1. The van der Waals surface area contributed by atoms with E-state index in [1.165, 1.54) is 6.92 Å². The molecule has 0 aliphatic rings. The number of rotatable bonds is 7. The van der Waals surface area contributed by atoms with Crippen molar-refractivity contribution in [3.05, 3.63) is 70.7 Å². The molecule has 0 aliphatic heterocycles. The normalized spacial score (nSPS) is 13.3. The number of hydrogen-bond donors (Lipinski definition) is 1. The van der Waals surface area contributed by atoms with Crippen LogP contribution in [0.2, 0.25) is 5.02 Å². The SMILES string of the molecule is CC(=O)O[C@@H](COCc1ccccc1)C(O)c1ccccc1Cl. The second-order valence-electron chi connectivity index (χ2n) is 5.11. The van der Waals surface area contributed by atoms with Crippen molar-refractivity contribution in [1.29, 1.82) is 0 Å². The van der Waals surface area contributed by atoms with Gasteiger partial charge < -0.3 is 14.6 Å². The standard InChI is InChI=1S/C18H19ClO4/c1-13(20)23-17(12-22-11-14-7-3-2-4-8-14)18(21)15-9-5-6-10-16(15)19/h2-10,17-18,21H,11-12H2,1H3/t17-,18?/m0/s1. The highest BCUT2D eigenvalue weighted by Gasteiger charge is 2.25. The summed E-state index contributed by atoms with van der Waals surface area (Å²) >= 11 is 6.09. The Labute approximate surface area is 140 Å². The van der Waals surface area contributed by atoms with Crippen molar-refractivity contribution in [2.75, 3.05) is 6.61 Å². The lowest BCUT2D eigenvalue weighted by atomic mass is 10.0. The Hall–Kier alpha value is -1.88. The van der Waals surface area contributed by atoms with Gasteiger partial charge in [-0.05, 0) is 11.6 Å². The van der Waals surface area contributed by atoms with Crippen LogP contribution in [0.1, 0.15) is 24.2 Å². The van der Waals surface area contributed by atoms with Crippen molar-refractivity contribution >= 4 is 17.6 Å². The summed E-state index contributed by atoms with van der Waals surface area (Å²) < 4.78 is 10.8. The number of benzene rings is 2. The van der Waals surface area contributed by atoms with Gasteiger partial charge in [0.05, 0.1) is 13.2 Å². The molecule has 122 valence electrons. The van der Waals surface area contributed by atoms with Crippen LogP contribution in [0.5, 0.6) is 0 Å². The van der Waals surface area contributed by atoms with Crippen molar-refractivity contribution in [3.63, 3.8) is 0 Å². The summed E-state index contributed by atoms with van der Waals surface area (Å²) in [5.74, 6) is -0.482. The van der Waals surface area contributed by atoms with E-state index in [0.717, 1.165) is 5.56 Å².